The van der Waals surface area contributed by atoms with E-state index in [0.29, 0.717) is 12.2 Å². The molecule has 0 fully saturated rings. The summed E-state index contributed by atoms with van der Waals surface area (Å²) in [5, 5.41) is 0. The normalized spacial score (nSPS) is 17.7. The third kappa shape index (κ3) is 5.78. The first-order valence-corrected chi connectivity index (χ1v) is 10.7. The molecule has 4 rings (SSSR count). The highest BCUT2D eigenvalue weighted by Gasteiger charge is 2.32. The highest BCUT2D eigenvalue weighted by atomic mass is 35.5. The molecule has 0 spiro atoms. The SMILES string of the molecule is CC1(C)Cc2cccc(OCCCN3CC=C(c4cccc(C(F)(F)F)c4)CC3)c2O1.Cl. The Morgan fingerprint density at radius 3 is 2.62 bits per heavy atom. The Morgan fingerprint density at radius 2 is 1.91 bits per heavy atom. The summed E-state index contributed by atoms with van der Waals surface area (Å²) in [5.74, 6) is 1.66. The molecule has 0 unspecified atom stereocenters. The van der Waals surface area contributed by atoms with Gasteiger partial charge in [-0.25, -0.2) is 0 Å². The maximum absolute atomic E-state index is 13.0. The van der Waals surface area contributed by atoms with Crippen molar-refractivity contribution in [3.63, 3.8) is 0 Å². The minimum atomic E-state index is -4.31. The van der Waals surface area contributed by atoms with Gasteiger partial charge in [-0.2, -0.15) is 13.2 Å². The zero-order valence-electron chi connectivity index (χ0n) is 18.4. The average Bonchev–Trinajstić information content (AvgIpc) is 3.06. The van der Waals surface area contributed by atoms with Crippen molar-refractivity contribution in [2.75, 3.05) is 26.2 Å². The summed E-state index contributed by atoms with van der Waals surface area (Å²) in [6, 6.07) is 11.6. The van der Waals surface area contributed by atoms with Gasteiger partial charge in [-0.1, -0.05) is 30.3 Å². The fourth-order valence-corrected chi connectivity index (χ4v) is 4.24. The number of benzene rings is 2. The van der Waals surface area contributed by atoms with E-state index in [1.54, 1.807) is 6.07 Å². The van der Waals surface area contributed by atoms with Crippen LogP contribution in [0.5, 0.6) is 11.5 Å². The molecular weight excluding hydrogens is 439 g/mol. The van der Waals surface area contributed by atoms with Crippen molar-refractivity contribution in [1.29, 1.82) is 0 Å². The van der Waals surface area contributed by atoms with Crippen molar-refractivity contribution >= 4 is 18.0 Å². The second-order valence-corrected chi connectivity index (χ2v) is 8.84. The minimum absolute atomic E-state index is 0. The highest BCUT2D eigenvalue weighted by Crippen LogP contribution is 2.41. The van der Waals surface area contributed by atoms with Gasteiger partial charge in [-0.15, -0.1) is 12.4 Å². The Bertz CT molecular complexity index is 972. The van der Waals surface area contributed by atoms with Crippen LogP contribution in [0.1, 0.15) is 43.4 Å². The number of hydrogen-bond donors (Lipinski definition) is 0. The van der Waals surface area contributed by atoms with Gasteiger partial charge in [0.05, 0.1) is 12.2 Å². The smallest absolute Gasteiger partial charge is 0.416 e. The summed E-state index contributed by atoms with van der Waals surface area (Å²) in [5.41, 5.74) is 2.05. The van der Waals surface area contributed by atoms with Crippen LogP contribution in [0.2, 0.25) is 0 Å². The van der Waals surface area contributed by atoms with Gasteiger partial charge in [-0.05, 0) is 56.0 Å². The molecule has 0 aromatic heterocycles. The van der Waals surface area contributed by atoms with Gasteiger partial charge in [-0.3, -0.25) is 4.90 Å². The van der Waals surface area contributed by atoms with Crippen LogP contribution in [-0.4, -0.2) is 36.7 Å². The number of alkyl halides is 3. The van der Waals surface area contributed by atoms with Crippen molar-refractivity contribution in [2.45, 2.75) is 44.9 Å². The number of fused-ring (bicyclic) bond motifs is 1. The Hall–Kier alpha value is -2.18. The Kier molecular flexibility index (Phi) is 7.46. The zero-order valence-corrected chi connectivity index (χ0v) is 19.2. The van der Waals surface area contributed by atoms with E-state index < -0.39 is 11.7 Å². The first-order valence-electron chi connectivity index (χ1n) is 10.7. The van der Waals surface area contributed by atoms with Gasteiger partial charge < -0.3 is 9.47 Å². The van der Waals surface area contributed by atoms with Crippen molar-refractivity contribution in [3.05, 3.63) is 65.2 Å². The van der Waals surface area contributed by atoms with Crippen LogP contribution in [-0.2, 0) is 12.6 Å². The van der Waals surface area contributed by atoms with Crippen LogP contribution in [0.3, 0.4) is 0 Å². The topological polar surface area (TPSA) is 21.7 Å². The van der Waals surface area contributed by atoms with E-state index in [1.807, 2.05) is 18.2 Å². The number of hydrogen-bond acceptors (Lipinski definition) is 3. The molecule has 0 aliphatic carbocycles. The highest BCUT2D eigenvalue weighted by molar-refractivity contribution is 5.85. The van der Waals surface area contributed by atoms with Crippen LogP contribution >= 0.6 is 12.4 Å². The van der Waals surface area contributed by atoms with E-state index in [-0.39, 0.29) is 18.0 Å². The molecule has 174 valence electrons. The molecule has 2 aliphatic heterocycles. The molecule has 3 nitrogen and oxygen atoms in total. The average molecular weight is 468 g/mol. The molecule has 0 amide bonds. The molecule has 0 atom stereocenters. The quantitative estimate of drug-likeness (QED) is 0.459. The van der Waals surface area contributed by atoms with Crippen LogP contribution in [0, 0.1) is 0 Å². The second kappa shape index (κ2) is 9.75. The minimum Gasteiger partial charge on any atom is -0.490 e. The lowest BCUT2D eigenvalue weighted by Crippen LogP contribution is -2.30. The maximum Gasteiger partial charge on any atom is 0.416 e. The number of para-hydroxylation sites is 1. The van der Waals surface area contributed by atoms with Gasteiger partial charge in [0.2, 0.25) is 0 Å². The molecule has 2 aromatic rings. The second-order valence-electron chi connectivity index (χ2n) is 8.84. The fraction of sp³-hybridized carbons (Fsp3) is 0.440. The summed E-state index contributed by atoms with van der Waals surface area (Å²) < 4.78 is 50.9. The third-order valence-electron chi connectivity index (χ3n) is 5.79. The molecule has 0 bridgehead atoms. The summed E-state index contributed by atoms with van der Waals surface area (Å²) in [6.45, 7) is 7.21. The molecule has 2 aromatic carbocycles. The summed E-state index contributed by atoms with van der Waals surface area (Å²) in [6.07, 6.45) is 0.238. The van der Waals surface area contributed by atoms with Crippen LogP contribution < -0.4 is 9.47 Å². The van der Waals surface area contributed by atoms with Crippen LogP contribution in [0.15, 0.2) is 48.5 Å². The zero-order chi connectivity index (χ0) is 22.1. The van der Waals surface area contributed by atoms with E-state index in [2.05, 4.69) is 24.8 Å². The Labute approximate surface area is 193 Å². The van der Waals surface area contributed by atoms with E-state index in [9.17, 15) is 13.2 Å². The van der Waals surface area contributed by atoms with Crippen LogP contribution in [0.25, 0.3) is 5.57 Å². The number of ether oxygens (including phenoxy) is 2. The van der Waals surface area contributed by atoms with E-state index in [0.717, 1.165) is 62.0 Å². The first-order chi connectivity index (χ1) is 14.7. The van der Waals surface area contributed by atoms with Crippen molar-refractivity contribution in [3.8, 4) is 11.5 Å². The van der Waals surface area contributed by atoms with Crippen molar-refractivity contribution in [1.82, 2.24) is 4.90 Å². The van der Waals surface area contributed by atoms with Crippen LogP contribution in [0.4, 0.5) is 13.2 Å². The summed E-state index contributed by atoms with van der Waals surface area (Å²) >= 11 is 0. The molecule has 2 heterocycles. The van der Waals surface area contributed by atoms with Gasteiger partial charge >= 0.3 is 6.18 Å². The molecule has 32 heavy (non-hydrogen) atoms. The predicted molar refractivity (Wildman–Crippen MR) is 123 cm³/mol. The monoisotopic (exact) mass is 467 g/mol. The predicted octanol–water partition coefficient (Wildman–Crippen LogP) is 6.40. The third-order valence-corrected chi connectivity index (χ3v) is 5.79. The Morgan fingerprint density at radius 1 is 1.12 bits per heavy atom. The number of nitrogens with zero attached hydrogens (tertiary/aromatic N) is 1. The maximum atomic E-state index is 13.0. The molecular formula is C25H29ClF3NO2. The largest absolute Gasteiger partial charge is 0.490 e. The van der Waals surface area contributed by atoms with E-state index in [1.165, 1.54) is 17.7 Å². The van der Waals surface area contributed by atoms with Crippen molar-refractivity contribution < 1.29 is 22.6 Å². The van der Waals surface area contributed by atoms with Gasteiger partial charge in [0.1, 0.15) is 5.60 Å². The lowest BCUT2D eigenvalue weighted by Gasteiger charge is -2.26. The molecule has 0 saturated carbocycles. The molecule has 0 N–H and O–H groups in total. The number of rotatable bonds is 6. The molecule has 0 radical (unpaired) electrons. The van der Waals surface area contributed by atoms with Crippen molar-refractivity contribution in [2.24, 2.45) is 0 Å². The lowest BCUT2D eigenvalue weighted by molar-refractivity contribution is -0.137. The molecule has 0 saturated heterocycles. The van der Waals surface area contributed by atoms with Gasteiger partial charge in [0.15, 0.2) is 11.5 Å². The van der Waals surface area contributed by atoms with E-state index in [4.69, 9.17) is 9.47 Å². The number of halogens is 4. The lowest BCUT2D eigenvalue weighted by atomic mass is 9.97. The Balaban J connectivity index is 0.00000289. The summed E-state index contributed by atoms with van der Waals surface area (Å²) in [4.78, 5) is 2.30. The first kappa shape index (κ1) is 24.5. The standard InChI is InChI=1S/C25H28F3NO2.ClH/c1-24(2)17-20-7-4-9-22(23(20)31-24)30-15-5-12-29-13-10-18(11-14-29)19-6-3-8-21(16-19)25(26,27)28;/h3-4,6-10,16H,5,11-15,17H2,1-2H3;1H. The van der Waals surface area contributed by atoms with Gasteiger partial charge in [0, 0.05) is 31.6 Å². The van der Waals surface area contributed by atoms with Gasteiger partial charge in [0.25, 0.3) is 0 Å². The fourth-order valence-electron chi connectivity index (χ4n) is 4.24. The van der Waals surface area contributed by atoms with E-state index >= 15 is 0 Å². The molecule has 7 heteroatoms. The molecule has 2 aliphatic rings. The summed E-state index contributed by atoms with van der Waals surface area (Å²) in [7, 11) is 0.